The number of benzene rings is 2. The van der Waals surface area contributed by atoms with Crippen LogP contribution in [0.25, 0.3) is 0 Å². The number of amides is 1. The van der Waals surface area contributed by atoms with E-state index in [4.69, 9.17) is 16.3 Å². The second kappa shape index (κ2) is 8.81. The first kappa shape index (κ1) is 19.8. The molecule has 0 aliphatic carbocycles. The minimum atomic E-state index is -0.614. The van der Waals surface area contributed by atoms with Gasteiger partial charge in [0.1, 0.15) is 11.4 Å². The Hall–Kier alpha value is -1.98. The zero-order valence-electron chi connectivity index (χ0n) is 15.4. The summed E-state index contributed by atoms with van der Waals surface area (Å²) in [5, 5.41) is 0.323. The highest BCUT2D eigenvalue weighted by molar-refractivity contribution is 7.99. The van der Waals surface area contributed by atoms with Gasteiger partial charge in [0.15, 0.2) is 0 Å². The largest absolute Gasteiger partial charge is 0.464 e. The minimum absolute atomic E-state index is 0.175. The molecule has 27 heavy (non-hydrogen) atoms. The number of rotatable bonds is 5. The van der Waals surface area contributed by atoms with Crippen molar-refractivity contribution in [3.63, 3.8) is 0 Å². The summed E-state index contributed by atoms with van der Waals surface area (Å²) in [6, 6.07) is 14.3. The van der Waals surface area contributed by atoms with E-state index in [9.17, 15) is 9.59 Å². The summed E-state index contributed by atoms with van der Waals surface area (Å²) < 4.78 is 5.21. The van der Waals surface area contributed by atoms with Gasteiger partial charge in [-0.3, -0.25) is 4.79 Å². The summed E-state index contributed by atoms with van der Waals surface area (Å²) in [7, 11) is 0. The molecule has 1 aliphatic heterocycles. The number of hydrogen-bond acceptors (Lipinski definition) is 4. The molecular weight excluding hydrogens is 382 g/mol. The molecule has 1 heterocycles. The molecular formula is C21H22ClNO3S. The summed E-state index contributed by atoms with van der Waals surface area (Å²) in [5.41, 5.74) is 2.63. The first-order valence-corrected chi connectivity index (χ1v) is 10.4. The molecule has 6 heteroatoms. The Morgan fingerprint density at radius 1 is 1.19 bits per heavy atom. The molecule has 142 valence electrons. The van der Waals surface area contributed by atoms with Crippen molar-refractivity contribution in [3.8, 4) is 0 Å². The molecule has 2 unspecified atom stereocenters. The third-order valence-electron chi connectivity index (χ3n) is 4.54. The van der Waals surface area contributed by atoms with Crippen molar-refractivity contribution >= 4 is 35.2 Å². The Kier molecular flexibility index (Phi) is 6.45. The maximum atomic E-state index is 13.3. The highest BCUT2D eigenvalue weighted by Crippen LogP contribution is 2.43. The fourth-order valence-corrected chi connectivity index (χ4v) is 4.73. The maximum absolute atomic E-state index is 13.3. The molecule has 2 aromatic rings. The van der Waals surface area contributed by atoms with Gasteiger partial charge in [0.25, 0.3) is 5.91 Å². The van der Waals surface area contributed by atoms with Gasteiger partial charge in [-0.05, 0) is 48.7 Å². The molecule has 1 fully saturated rings. The van der Waals surface area contributed by atoms with Crippen LogP contribution in [0, 0.1) is 0 Å². The molecule has 3 rings (SSSR count). The monoisotopic (exact) mass is 403 g/mol. The average molecular weight is 404 g/mol. The second-order valence-electron chi connectivity index (χ2n) is 6.27. The van der Waals surface area contributed by atoms with Crippen LogP contribution in [0.2, 0.25) is 5.02 Å². The SMILES string of the molecule is CCOC(=O)C1CSC(c2cccc(Cl)c2)N1C(=O)c1ccc(CC)cc1. The van der Waals surface area contributed by atoms with Crippen LogP contribution >= 0.6 is 23.4 Å². The fourth-order valence-electron chi connectivity index (χ4n) is 3.12. The zero-order valence-corrected chi connectivity index (χ0v) is 16.9. The van der Waals surface area contributed by atoms with Crippen LogP contribution < -0.4 is 0 Å². The van der Waals surface area contributed by atoms with Crippen molar-refractivity contribution in [2.45, 2.75) is 31.7 Å². The summed E-state index contributed by atoms with van der Waals surface area (Å²) >= 11 is 7.70. The third kappa shape index (κ3) is 4.30. The average Bonchev–Trinajstić information content (AvgIpc) is 3.13. The number of ether oxygens (including phenoxy) is 1. The van der Waals surface area contributed by atoms with Gasteiger partial charge in [-0.1, -0.05) is 42.8 Å². The highest BCUT2D eigenvalue weighted by Gasteiger charge is 2.43. The number of carbonyl (C=O) groups is 2. The Morgan fingerprint density at radius 2 is 1.93 bits per heavy atom. The van der Waals surface area contributed by atoms with E-state index in [1.54, 1.807) is 29.7 Å². The van der Waals surface area contributed by atoms with Crippen molar-refractivity contribution < 1.29 is 14.3 Å². The highest BCUT2D eigenvalue weighted by atomic mass is 35.5. The second-order valence-corrected chi connectivity index (χ2v) is 7.82. The Balaban J connectivity index is 1.96. The van der Waals surface area contributed by atoms with Gasteiger partial charge in [0.2, 0.25) is 0 Å². The third-order valence-corrected chi connectivity index (χ3v) is 6.09. The number of nitrogens with zero attached hydrogens (tertiary/aromatic N) is 1. The van der Waals surface area contributed by atoms with E-state index in [0.29, 0.717) is 16.3 Å². The van der Waals surface area contributed by atoms with Gasteiger partial charge in [-0.15, -0.1) is 11.8 Å². The van der Waals surface area contributed by atoms with E-state index < -0.39 is 6.04 Å². The topological polar surface area (TPSA) is 46.6 Å². The molecule has 0 aromatic heterocycles. The van der Waals surface area contributed by atoms with Crippen molar-refractivity contribution in [1.82, 2.24) is 4.90 Å². The van der Waals surface area contributed by atoms with Crippen LogP contribution in [-0.4, -0.2) is 35.2 Å². The van der Waals surface area contributed by atoms with Gasteiger partial charge in [0, 0.05) is 16.3 Å². The summed E-state index contributed by atoms with van der Waals surface area (Å²) in [6.45, 7) is 4.12. The lowest BCUT2D eigenvalue weighted by Gasteiger charge is -2.28. The Labute approximate surface area is 168 Å². The lowest BCUT2D eigenvalue weighted by Crippen LogP contribution is -2.43. The Bertz CT molecular complexity index is 824. The molecule has 0 radical (unpaired) electrons. The predicted molar refractivity (Wildman–Crippen MR) is 109 cm³/mol. The molecule has 1 saturated heterocycles. The molecule has 2 aromatic carbocycles. The first-order chi connectivity index (χ1) is 13.0. The maximum Gasteiger partial charge on any atom is 0.329 e. The normalized spacial score (nSPS) is 19.1. The van der Waals surface area contributed by atoms with Crippen molar-refractivity contribution in [2.75, 3.05) is 12.4 Å². The number of aryl methyl sites for hydroxylation is 1. The number of thioether (sulfide) groups is 1. The molecule has 0 spiro atoms. The standard InChI is InChI=1S/C21H22ClNO3S/c1-3-14-8-10-15(11-9-14)19(24)23-18(21(25)26-4-2)13-27-20(23)16-6-5-7-17(22)12-16/h5-12,18,20H,3-4,13H2,1-2H3. The predicted octanol–water partition coefficient (Wildman–Crippen LogP) is 4.72. The summed E-state index contributed by atoms with van der Waals surface area (Å²) in [5.74, 6) is -0.0480. The number of hydrogen-bond donors (Lipinski definition) is 0. The molecule has 2 atom stereocenters. The number of halogens is 1. The smallest absolute Gasteiger partial charge is 0.329 e. The molecule has 1 amide bonds. The van der Waals surface area contributed by atoms with Crippen LogP contribution in [0.5, 0.6) is 0 Å². The molecule has 4 nitrogen and oxygen atoms in total. The molecule has 1 aliphatic rings. The van der Waals surface area contributed by atoms with Crippen LogP contribution in [0.4, 0.5) is 0 Å². The van der Waals surface area contributed by atoms with E-state index in [-0.39, 0.29) is 23.9 Å². The zero-order chi connectivity index (χ0) is 19.4. The lowest BCUT2D eigenvalue weighted by molar-refractivity contribution is -0.147. The van der Waals surface area contributed by atoms with Crippen LogP contribution in [-0.2, 0) is 16.0 Å². The quantitative estimate of drug-likeness (QED) is 0.677. The van der Waals surface area contributed by atoms with Crippen molar-refractivity contribution in [3.05, 3.63) is 70.2 Å². The van der Waals surface area contributed by atoms with Crippen LogP contribution in [0.3, 0.4) is 0 Å². The van der Waals surface area contributed by atoms with Crippen LogP contribution in [0.1, 0.15) is 40.7 Å². The molecule has 0 N–H and O–H groups in total. The summed E-state index contributed by atoms with van der Waals surface area (Å²) in [6.07, 6.45) is 0.907. The van der Waals surface area contributed by atoms with Crippen LogP contribution in [0.15, 0.2) is 48.5 Å². The number of esters is 1. The van der Waals surface area contributed by atoms with E-state index in [0.717, 1.165) is 17.5 Å². The lowest BCUT2D eigenvalue weighted by atomic mass is 10.1. The Morgan fingerprint density at radius 3 is 2.56 bits per heavy atom. The minimum Gasteiger partial charge on any atom is -0.464 e. The van der Waals surface area contributed by atoms with E-state index in [1.807, 2.05) is 42.5 Å². The molecule has 0 saturated carbocycles. The van der Waals surface area contributed by atoms with Gasteiger partial charge in [-0.25, -0.2) is 4.79 Å². The van der Waals surface area contributed by atoms with E-state index >= 15 is 0 Å². The molecule has 0 bridgehead atoms. The van der Waals surface area contributed by atoms with Crippen molar-refractivity contribution in [2.24, 2.45) is 0 Å². The fraction of sp³-hybridized carbons (Fsp3) is 0.333. The number of carbonyl (C=O) groups excluding carboxylic acids is 2. The van der Waals surface area contributed by atoms with Crippen molar-refractivity contribution in [1.29, 1.82) is 0 Å². The van der Waals surface area contributed by atoms with Gasteiger partial charge in [0.05, 0.1) is 6.61 Å². The van der Waals surface area contributed by atoms with E-state index in [1.165, 1.54) is 0 Å². The van der Waals surface area contributed by atoms with E-state index in [2.05, 4.69) is 6.92 Å². The van der Waals surface area contributed by atoms with Gasteiger partial charge in [-0.2, -0.15) is 0 Å². The van der Waals surface area contributed by atoms with Gasteiger partial charge >= 0.3 is 5.97 Å². The first-order valence-electron chi connectivity index (χ1n) is 9.00. The van der Waals surface area contributed by atoms with Gasteiger partial charge < -0.3 is 9.64 Å². The summed E-state index contributed by atoms with van der Waals surface area (Å²) in [4.78, 5) is 27.4.